The van der Waals surface area contributed by atoms with Crippen LogP contribution in [0.25, 0.3) is 0 Å². The van der Waals surface area contributed by atoms with Crippen molar-refractivity contribution >= 4 is 34.7 Å². The minimum atomic E-state index is -1.74. The van der Waals surface area contributed by atoms with Gasteiger partial charge in [-0.2, -0.15) is 0 Å². The lowest BCUT2D eigenvalue weighted by Crippen LogP contribution is -2.64. The van der Waals surface area contributed by atoms with Gasteiger partial charge < -0.3 is 23.7 Å². The normalized spacial score (nSPS) is 28.0. The summed E-state index contributed by atoms with van der Waals surface area (Å²) in [6.07, 6.45) is -4.98. The van der Waals surface area contributed by atoms with Crippen molar-refractivity contribution in [2.24, 2.45) is 0 Å². The van der Waals surface area contributed by atoms with Crippen molar-refractivity contribution in [1.82, 2.24) is 0 Å². The summed E-state index contributed by atoms with van der Waals surface area (Å²) >= 11 is 0. The highest BCUT2D eigenvalue weighted by Crippen LogP contribution is 2.33. The molecule has 10 nitrogen and oxygen atoms in total. The van der Waals surface area contributed by atoms with Crippen LogP contribution in [0.15, 0.2) is 0 Å². The summed E-state index contributed by atoms with van der Waals surface area (Å²) in [5.74, 6) is -2.81. The van der Waals surface area contributed by atoms with Crippen LogP contribution >= 0.6 is 0 Å². The van der Waals surface area contributed by atoms with Gasteiger partial charge in [-0.1, -0.05) is 0 Å². The Labute approximate surface area is 172 Å². The Morgan fingerprint density at radius 3 is 1.66 bits per heavy atom. The Kier molecular flexibility index (Phi) is 8.76. The van der Waals surface area contributed by atoms with E-state index in [1.807, 2.05) is 0 Å². The van der Waals surface area contributed by atoms with Gasteiger partial charge in [-0.3, -0.25) is 23.4 Å². The van der Waals surface area contributed by atoms with E-state index >= 15 is 0 Å². The fourth-order valence-electron chi connectivity index (χ4n) is 2.71. The number of hydrogen-bond donors (Lipinski definition) is 0. The predicted molar refractivity (Wildman–Crippen MR) is 99.9 cm³/mol. The highest BCUT2D eigenvalue weighted by Gasteiger charge is 2.55. The standard InChI is InChI=1S/C18H28O10S/c1-9(19)24-8-13-14(25-10(2)20)15(26-11(3)21)16(27-12(4)22)17(28-13)29(23)18(5,6)7/h13-17H,8H2,1-7H3/t13-,14-,15+,16-,17-,29?/m1/s1. The van der Waals surface area contributed by atoms with Crippen molar-refractivity contribution in [3.05, 3.63) is 0 Å². The van der Waals surface area contributed by atoms with Crippen LogP contribution in [-0.4, -0.2) is 69.3 Å². The summed E-state index contributed by atoms with van der Waals surface area (Å²) in [4.78, 5) is 46.3. The average molecular weight is 436 g/mol. The molecule has 0 aromatic carbocycles. The van der Waals surface area contributed by atoms with Gasteiger partial charge in [0, 0.05) is 32.4 Å². The molecule has 29 heavy (non-hydrogen) atoms. The third-order valence-corrected chi connectivity index (χ3v) is 5.77. The molecule has 0 aromatic heterocycles. The number of carbonyl (C=O) groups excluding carboxylic acids is 4. The van der Waals surface area contributed by atoms with E-state index in [4.69, 9.17) is 23.7 Å². The van der Waals surface area contributed by atoms with Crippen LogP contribution in [-0.2, 0) is 53.7 Å². The quantitative estimate of drug-likeness (QED) is 0.431. The minimum absolute atomic E-state index is 0.352. The van der Waals surface area contributed by atoms with Crippen molar-refractivity contribution in [2.45, 2.75) is 83.1 Å². The molecule has 1 aliphatic heterocycles. The van der Waals surface area contributed by atoms with Gasteiger partial charge in [-0.15, -0.1) is 0 Å². The Hall–Kier alpha value is -2.01. The van der Waals surface area contributed by atoms with Crippen molar-refractivity contribution in [3.63, 3.8) is 0 Å². The second kappa shape index (κ2) is 10.1. The van der Waals surface area contributed by atoms with Crippen LogP contribution in [0.1, 0.15) is 48.5 Å². The zero-order valence-corrected chi connectivity index (χ0v) is 18.4. The molecule has 0 radical (unpaired) electrons. The Bertz CT molecular complexity index is 668. The molecule has 0 bridgehead atoms. The highest BCUT2D eigenvalue weighted by molar-refractivity contribution is 7.86. The number of ether oxygens (including phenoxy) is 5. The third-order valence-electron chi connectivity index (χ3n) is 3.76. The molecule has 1 rings (SSSR count). The van der Waals surface area contributed by atoms with Crippen molar-refractivity contribution in [1.29, 1.82) is 0 Å². The maximum Gasteiger partial charge on any atom is 0.303 e. The largest absolute Gasteiger partial charge is 0.463 e. The SMILES string of the molecule is CC(=O)OC[C@H]1O[C@H](S(=O)C(C)(C)C)[C@H](OC(C)=O)[C@@H](OC(C)=O)[C@@H]1OC(C)=O. The molecule has 0 amide bonds. The topological polar surface area (TPSA) is 132 Å². The van der Waals surface area contributed by atoms with Crippen molar-refractivity contribution in [2.75, 3.05) is 6.61 Å². The number of esters is 4. The van der Waals surface area contributed by atoms with E-state index in [9.17, 15) is 23.4 Å². The molecular weight excluding hydrogens is 408 g/mol. The highest BCUT2D eigenvalue weighted by atomic mass is 32.2. The minimum Gasteiger partial charge on any atom is -0.463 e. The molecule has 0 saturated carbocycles. The molecule has 1 heterocycles. The van der Waals surface area contributed by atoms with Crippen LogP contribution in [0.2, 0.25) is 0 Å². The van der Waals surface area contributed by atoms with Gasteiger partial charge in [0.2, 0.25) is 0 Å². The second-order valence-electron chi connectivity index (χ2n) is 7.48. The van der Waals surface area contributed by atoms with Gasteiger partial charge in [-0.05, 0) is 20.8 Å². The van der Waals surface area contributed by atoms with Crippen molar-refractivity contribution < 1.29 is 47.1 Å². The maximum absolute atomic E-state index is 13.1. The zero-order valence-electron chi connectivity index (χ0n) is 17.6. The van der Waals surface area contributed by atoms with E-state index in [2.05, 4.69) is 0 Å². The zero-order chi connectivity index (χ0) is 22.5. The fourth-order valence-corrected chi connectivity index (χ4v) is 4.10. The first-order valence-electron chi connectivity index (χ1n) is 8.95. The molecule has 0 aliphatic carbocycles. The van der Waals surface area contributed by atoms with Crippen LogP contribution in [0.4, 0.5) is 0 Å². The number of carbonyl (C=O) groups is 4. The molecule has 1 unspecified atom stereocenters. The first kappa shape index (κ1) is 25.0. The van der Waals surface area contributed by atoms with E-state index in [1.165, 1.54) is 6.92 Å². The van der Waals surface area contributed by atoms with Gasteiger partial charge in [0.05, 0.1) is 10.8 Å². The van der Waals surface area contributed by atoms with E-state index < -0.39 is 69.3 Å². The lowest BCUT2D eigenvalue weighted by atomic mass is 9.99. The monoisotopic (exact) mass is 436 g/mol. The second-order valence-corrected chi connectivity index (χ2v) is 9.76. The molecule has 166 valence electrons. The van der Waals surface area contributed by atoms with Gasteiger partial charge >= 0.3 is 23.9 Å². The van der Waals surface area contributed by atoms with Gasteiger partial charge in [0.15, 0.2) is 23.7 Å². The summed E-state index contributed by atoms with van der Waals surface area (Å²) in [5.41, 5.74) is -1.23. The Morgan fingerprint density at radius 1 is 0.793 bits per heavy atom. The van der Waals surface area contributed by atoms with Crippen molar-refractivity contribution in [3.8, 4) is 0 Å². The third kappa shape index (κ3) is 7.39. The molecule has 6 atom stereocenters. The lowest BCUT2D eigenvalue weighted by molar-refractivity contribution is -0.238. The van der Waals surface area contributed by atoms with E-state index in [1.54, 1.807) is 20.8 Å². The molecule has 1 saturated heterocycles. The van der Waals surface area contributed by atoms with E-state index in [-0.39, 0.29) is 6.61 Å². The molecule has 11 heteroatoms. The molecule has 1 fully saturated rings. The van der Waals surface area contributed by atoms with E-state index in [0.29, 0.717) is 0 Å². The first-order chi connectivity index (χ1) is 13.2. The summed E-state index contributed by atoms with van der Waals surface area (Å²) in [6.45, 7) is 9.30. The van der Waals surface area contributed by atoms with Crippen LogP contribution in [0, 0.1) is 0 Å². The number of rotatable bonds is 6. The van der Waals surface area contributed by atoms with Gasteiger partial charge in [-0.25, -0.2) is 0 Å². The van der Waals surface area contributed by atoms with E-state index in [0.717, 1.165) is 20.8 Å². The van der Waals surface area contributed by atoms with Crippen LogP contribution < -0.4 is 0 Å². The van der Waals surface area contributed by atoms with Gasteiger partial charge in [0.1, 0.15) is 12.7 Å². The Balaban J connectivity index is 3.45. The fraction of sp³-hybridized carbons (Fsp3) is 0.778. The molecule has 0 aromatic rings. The lowest BCUT2D eigenvalue weighted by Gasteiger charge is -2.45. The molecule has 0 N–H and O–H groups in total. The van der Waals surface area contributed by atoms with Gasteiger partial charge in [0.25, 0.3) is 0 Å². The predicted octanol–water partition coefficient (Wildman–Crippen LogP) is 0.617. The molecule has 1 aliphatic rings. The smallest absolute Gasteiger partial charge is 0.303 e. The van der Waals surface area contributed by atoms with Crippen LogP contribution in [0.3, 0.4) is 0 Å². The summed E-state index contributed by atoms with van der Waals surface area (Å²) in [6, 6.07) is 0. The summed E-state index contributed by atoms with van der Waals surface area (Å²) < 4.78 is 39.0. The molecule has 0 spiro atoms. The van der Waals surface area contributed by atoms with Crippen LogP contribution in [0.5, 0.6) is 0 Å². The first-order valence-corrected chi connectivity index (χ1v) is 10.2. The Morgan fingerprint density at radius 2 is 1.24 bits per heavy atom. The average Bonchev–Trinajstić information content (AvgIpc) is 2.54. The summed E-state index contributed by atoms with van der Waals surface area (Å²) in [5, 5.41) is 0. The summed E-state index contributed by atoms with van der Waals surface area (Å²) in [7, 11) is -1.74. The maximum atomic E-state index is 13.1. The number of hydrogen-bond acceptors (Lipinski definition) is 10. The molecular formula is C18H28O10S.